The molecule has 0 N–H and O–H groups in total. The highest BCUT2D eigenvalue weighted by molar-refractivity contribution is 6.31. The molecule has 0 spiro atoms. The van der Waals surface area contributed by atoms with Gasteiger partial charge in [-0.05, 0) is 23.8 Å². The van der Waals surface area contributed by atoms with Gasteiger partial charge in [0, 0.05) is 31.0 Å². The van der Waals surface area contributed by atoms with Gasteiger partial charge in [0.25, 0.3) is 11.5 Å². The van der Waals surface area contributed by atoms with Crippen LogP contribution in [0.25, 0.3) is 5.65 Å². The van der Waals surface area contributed by atoms with E-state index in [1.807, 2.05) is 18.2 Å². The zero-order valence-corrected chi connectivity index (χ0v) is 13.2. The van der Waals surface area contributed by atoms with Crippen LogP contribution in [0.5, 0.6) is 0 Å². The fourth-order valence-electron chi connectivity index (χ4n) is 2.33. The minimum atomic E-state index is -0.388. The number of fused-ring (bicyclic) bond motifs is 1. The smallest absolute Gasteiger partial charge is 0.270 e. The lowest BCUT2D eigenvalue weighted by Gasteiger charge is -2.17. The van der Waals surface area contributed by atoms with Crippen molar-refractivity contribution in [3.8, 4) is 0 Å². The van der Waals surface area contributed by atoms with E-state index in [-0.39, 0.29) is 17.0 Å². The summed E-state index contributed by atoms with van der Waals surface area (Å²) < 4.78 is 1.36. The molecule has 2 aromatic heterocycles. The Morgan fingerprint density at radius 2 is 1.96 bits per heavy atom. The molecule has 0 aliphatic carbocycles. The monoisotopic (exact) mass is 327 g/mol. The minimum absolute atomic E-state index is 0.0308. The number of rotatable bonds is 3. The maximum Gasteiger partial charge on any atom is 0.270 e. The summed E-state index contributed by atoms with van der Waals surface area (Å²) >= 11 is 6.11. The molecule has 1 aromatic carbocycles. The Morgan fingerprint density at radius 1 is 1.22 bits per heavy atom. The van der Waals surface area contributed by atoms with Crippen LogP contribution in [-0.2, 0) is 6.54 Å². The molecule has 3 aromatic rings. The number of nitrogens with zero attached hydrogens (tertiary/aromatic N) is 3. The van der Waals surface area contributed by atoms with Crippen molar-refractivity contribution < 1.29 is 4.79 Å². The molecule has 3 rings (SSSR count). The molecule has 1 amide bonds. The topological polar surface area (TPSA) is 54.7 Å². The van der Waals surface area contributed by atoms with E-state index in [9.17, 15) is 9.59 Å². The van der Waals surface area contributed by atoms with Gasteiger partial charge in [-0.25, -0.2) is 4.98 Å². The van der Waals surface area contributed by atoms with Crippen LogP contribution in [0.4, 0.5) is 0 Å². The number of halogens is 1. The predicted molar refractivity (Wildman–Crippen MR) is 88.7 cm³/mol. The third-order valence-electron chi connectivity index (χ3n) is 3.56. The Kier molecular flexibility index (Phi) is 4.12. The summed E-state index contributed by atoms with van der Waals surface area (Å²) in [4.78, 5) is 30.6. The highest BCUT2D eigenvalue weighted by Crippen LogP contribution is 2.17. The van der Waals surface area contributed by atoms with Gasteiger partial charge in [-0.1, -0.05) is 35.9 Å². The molecule has 0 aliphatic rings. The zero-order chi connectivity index (χ0) is 16.4. The maximum absolute atomic E-state index is 12.6. The van der Waals surface area contributed by atoms with Crippen molar-refractivity contribution in [1.29, 1.82) is 0 Å². The van der Waals surface area contributed by atoms with Gasteiger partial charge in [0.15, 0.2) is 0 Å². The van der Waals surface area contributed by atoms with Crippen molar-refractivity contribution in [3.63, 3.8) is 0 Å². The number of hydrogen-bond acceptors (Lipinski definition) is 3. The van der Waals surface area contributed by atoms with E-state index in [0.29, 0.717) is 17.2 Å². The number of carbonyl (C=O) groups is 1. The van der Waals surface area contributed by atoms with Crippen LogP contribution in [0, 0.1) is 0 Å². The molecule has 0 fully saturated rings. The van der Waals surface area contributed by atoms with Gasteiger partial charge >= 0.3 is 0 Å². The quantitative estimate of drug-likeness (QED) is 0.743. The molecule has 23 heavy (non-hydrogen) atoms. The predicted octanol–water partition coefficient (Wildman–Crippen LogP) is 2.62. The zero-order valence-electron chi connectivity index (χ0n) is 12.4. The first-order chi connectivity index (χ1) is 11.1. The maximum atomic E-state index is 12.6. The van der Waals surface area contributed by atoms with Gasteiger partial charge in [-0.15, -0.1) is 0 Å². The highest BCUT2D eigenvalue weighted by atomic mass is 35.5. The van der Waals surface area contributed by atoms with E-state index in [0.717, 1.165) is 5.56 Å². The van der Waals surface area contributed by atoms with E-state index in [2.05, 4.69) is 4.98 Å². The molecule has 116 valence electrons. The Bertz CT molecular complexity index is 936. The van der Waals surface area contributed by atoms with Gasteiger partial charge in [-0.3, -0.25) is 14.0 Å². The standard InChI is InChI=1S/C17H14ClN3O2/c1-20(11-12-6-2-3-7-14(12)18)16(22)13-10-19-15-8-4-5-9-21(15)17(13)23/h2-10H,11H2,1H3. The summed E-state index contributed by atoms with van der Waals surface area (Å²) in [6.07, 6.45) is 2.92. The molecule has 0 unspecified atom stereocenters. The van der Waals surface area contributed by atoms with Crippen LogP contribution < -0.4 is 5.56 Å². The fourth-order valence-corrected chi connectivity index (χ4v) is 2.53. The Morgan fingerprint density at radius 3 is 2.74 bits per heavy atom. The Hall–Kier alpha value is -2.66. The van der Waals surface area contributed by atoms with E-state index in [1.165, 1.54) is 15.5 Å². The molecular weight excluding hydrogens is 314 g/mol. The number of amides is 1. The second kappa shape index (κ2) is 6.22. The fraction of sp³-hybridized carbons (Fsp3) is 0.118. The van der Waals surface area contributed by atoms with E-state index < -0.39 is 0 Å². The molecule has 6 heteroatoms. The second-order valence-electron chi connectivity index (χ2n) is 5.16. The SMILES string of the molecule is CN(Cc1ccccc1Cl)C(=O)c1cnc2ccccn2c1=O. The van der Waals surface area contributed by atoms with Crippen LogP contribution >= 0.6 is 11.6 Å². The first kappa shape index (κ1) is 15.2. The number of benzene rings is 1. The summed E-state index contributed by atoms with van der Waals surface area (Å²) in [7, 11) is 1.63. The van der Waals surface area contributed by atoms with Crippen LogP contribution in [0.15, 0.2) is 59.7 Å². The van der Waals surface area contributed by atoms with Crippen LogP contribution in [-0.4, -0.2) is 27.2 Å². The normalized spacial score (nSPS) is 10.7. The third-order valence-corrected chi connectivity index (χ3v) is 3.92. The third kappa shape index (κ3) is 2.96. The lowest BCUT2D eigenvalue weighted by Crippen LogP contribution is -2.33. The molecular formula is C17H14ClN3O2. The van der Waals surface area contributed by atoms with E-state index in [1.54, 1.807) is 37.5 Å². The Balaban J connectivity index is 1.92. The van der Waals surface area contributed by atoms with Crippen LogP contribution in [0.2, 0.25) is 5.02 Å². The summed E-state index contributed by atoms with van der Waals surface area (Å²) in [5.41, 5.74) is 0.969. The van der Waals surface area contributed by atoms with E-state index >= 15 is 0 Å². The molecule has 0 bridgehead atoms. The summed E-state index contributed by atoms with van der Waals surface area (Å²) in [6, 6.07) is 12.5. The van der Waals surface area contributed by atoms with Crippen molar-refractivity contribution in [1.82, 2.24) is 14.3 Å². The average Bonchev–Trinajstić information content (AvgIpc) is 2.57. The van der Waals surface area contributed by atoms with Crippen molar-refractivity contribution in [2.45, 2.75) is 6.54 Å². The number of carbonyl (C=O) groups excluding carboxylic acids is 1. The number of hydrogen-bond donors (Lipinski definition) is 0. The van der Waals surface area contributed by atoms with Gasteiger partial charge in [0.2, 0.25) is 0 Å². The molecule has 0 atom stereocenters. The minimum Gasteiger partial charge on any atom is -0.337 e. The first-order valence-electron chi connectivity index (χ1n) is 7.03. The van der Waals surface area contributed by atoms with Gasteiger partial charge in [0.05, 0.1) is 0 Å². The van der Waals surface area contributed by atoms with Gasteiger partial charge in [0.1, 0.15) is 11.2 Å². The summed E-state index contributed by atoms with van der Waals surface area (Å²) in [5.74, 6) is -0.388. The molecule has 0 radical (unpaired) electrons. The molecule has 0 aliphatic heterocycles. The van der Waals surface area contributed by atoms with Crippen molar-refractivity contribution >= 4 is 23.2 Å². The summed E-state index contributed by atoms with van der Waals surface area (Å²) in [5, 5.41) is 0.584. The van der Waals surface area contributed by atoms with Gasteiger partial charge < -0.3 is 4.90 Å². The second-order valence-corrected chi connectivity index (χ2v) is 5.57. The highest BCUT2D eigenvalue weighted by Gasteiger charge is 2.18. The van der Waals surface area contributed by atoms with E-state index in [4.69, 9.17) is 11.6 Å². The largest absolute Gasteiger partial charge is 0.337 e. The van der Waals surface area contributed by atoms with Crippen LogP contribution in [0.3, 0.4) is 0 Å². The average molecular weight is 328 g/mol. The van der Waals surface area contributed by atoms with Crippen molar-refractivity contribution in [3.05, 3.63) is 81.4 Å². The summed E-state index contributed by atoms with van der Waals surface area (Å²) in [6.45, 7) is 0.315. The lowest BCUT2D eigenvalue weighted by molar-refractivity contribution is 0.0783. The lowest BCUT2D eigenvalue weighted by atomic mass is 10.2. The van der Waals surface area contributed by atoms with Gasteiger partial charge in [-0.2, -0.15) is 0 Å². The van der Waals surface area contributed by atoms with Crippen molar-refractivity contribution in [2.75, 3.05) is 7.05 Å². The number of pyridine rings is 1. The number of aromatic nitrogens is 2. The molecule has 0 saturated heterocycles. The molecule has 5 nitrogen and oxygen atoms in total. The molecule has 2 heterocycles. The molecule has 0 saturated carbocycles. The Labute approximate surface area is 137 Å². The van der Waals surface area contributed by atoms with Crippen molar-refractivity contribution in [2.24, 2.45) is 0 Å². The first-order valence-corrected chi connectivity index (χ1v) is 7.41. The van der Waals surface area contributed by atoms with Crippen LogP contribution in [0.1, 0.15) is 15.9 Å².